The van der Waals surface area contributed by atoms with E-state index >= 15 is 0 Å². The molecule has 1 atom stereocenters. The van der Waals surface area contributed by atoms with Crippen LogP contribution in [-0.4, -0.2) is 37.5 Å². The van der Waals surface area contributed by atoms with Gasteiger partial charge in [0, 0.05) is 5.56 Å². The molecule has 3 aromatic carbocycles. The third-order valence-electron chi connectivity index (χ3n) is 8.01. The van der Waals surface area contributed by atoms with Crippen LogP contribution in [0.25, 0.3) is 6.08 Å². The number of esters is 1. The quantitative estimate of drug-likeness (QED) is 0.109. The molecule has 1 aromatic heterocycles. The molecule has 8 nitrogen and oxygen atoms in total. The second-order valence-electron chi connectivity index (χ2n) is 11.3. The highest BCUT2D eigenvalue weighted by Crippen LogP contribution is 2.31. The molecule has 0 bridgehead atoms. The molecule has 4 aromatic rings. The fraction of sp³-hybridized carbons (Fsp3) is 0.342. The van der Waals surface area contributed by atoms with Crippen LogP contribution in [0.4, 0.5) is 0 Å². The van der Waals surface area contributed by atoms with Gasteiger partial charge < -0.3 is 18.9 Å². The molecule has 1 aliphatic rings. The van der Waals surface area contributed by atoms with Crippen LogP contribution in [0.15, 0.2) is 93.9 Å². The first-order chi connectivity index (χ1) is 22.9. The number of rotatable bonds is 15. The van der Waals surface area contributed by atoms with Gasteiger partial charge in [-0.05, 0) is 74.2 Å². The number of nitrogens with zero attached hydrogens (tertiary/aromatic N) is 2. The number of fused-ring (bicyclic) bond motifs is 1. The number of carbonyl (C=O) groups excluding carboxylic acids is 1. The Kier molecular flexibility index (Phi) is 11.7. The number of ether oxygens (including phenoxy) is 4. The molecule has 0 saturated heterocycles. The SMILES string of the molecule is CCCCCCc1ccc(OCCOc2ccccc2/C=c2\sc3n(c2=O)[C@H](c2ccc(OC)cc2)C(C(=O)OCC)=C(C)N=3)cc1. The minimum Gasteiger partial charge on any atom is -0.497 e. The molecule has 246 valence electrons. The minimum absolute atomic E-state index is 0.211. The first kappa shape index (κ1) is 33.7. The maximum Gasteiger partial charge on any atom is 0.338 e. The Morgan fingerprint density at radius 3 is 2.36 bits per heavy atom. The predicted octanol–water partition coefficient (Wildman–Crippen LogP) is 6.39. The van der Waals surface area contributed by atoms with Gasteiger partial charge in [-0.2, -0.15) is 0 Å². The van der Waals surface area contributed by atoms with Crippen LogP contribution in [0.1, 0.15) is 69.2 Å². The summed E-state index contributed by atoms with van der Waals surface area (Å²) in [6.45, 7) is 6.68. The fourth-order valence-electron chi connectivity index (χ4n) is 5.58. The first-order valence-electron chi connectivity index (χ1n) is 16.2. The number of hydrogen-bond acceptors (Lipinski definition) is 8. The van der Waals surface area contributed by atoms with Gasteiger partial charge in [0.2, 0.25) is 0 Å². The van der Waals surface area contributed by atoms with Crippen molar-refractivity contribution < 1.29 is 23.7 Å². The van der Waals surface area contributed by atoms with E-state index in [1.165, 1.54) is 42.6 Å². The summed E-state index contributed by atoms with van der Waals surface area (Å²) in [5, 5.41) is 0. The van der Waals surface area contributed by atoms with E-state index in [-0.39, 0.29) is 12.2 Å². The van der Waals surface area contributed by atoms with Crippen molar-refractivity contribution >= 4 is 23.4 Å². The topological polar surface area (TPSA) is 88.3 Å². The second-order valence-corrected chi connectivity index (χ2v) is 12.3. The molecule has 2 heterocycles. The summed E-state index contributed by atoms with van der Waals surface area (Å²) < 4.78 is 24.8. The highest BCUT2D eigenvalue weighted by molar-refractivity contribution is 7.07. The van der Waals surface area contributed by atoms with Crippen LogP contribution >= 0.6 is 11.3 Å². The van der Waals surface area contributed by atoms with Gasteiger partial charge in [0.25, 0.3) is 5.56 Å². The Morgan fingerprint density at radius 2 is 1.64 bits per heavy atom. The van der Waals surface area contributed by atoms with Crippen molar-refractivity contribution in [2.24, 2.45) is 4.99 Å². The zero-order valence-electron chi connectivity index (χ0n) is 27.5. The van der Waals surface area contributed by atoms with E-state index < -0.39 is 12.0 Å². The summed E-state index contributed by atoms with van der Waals surface area (Å²) in [5.74, 6) is 1.62. The number of unbranched alkanes of at least 4 members (excludes halogenated alkanes) is 3. The molecule has 0 fully saturated rings. The van der Waals surface area contributed by atoms with Gasteiger partial charge in [0.05, 0.1) is 35.6 Å². The Bertz CT molecular complexity index is 1870. The van der Waals surface area contributed by atoms with Crippen LogP contribution in [0, 0.1) is 0 Å². The van der Waals surface area contributed by atoms with Gasteiger partial charge in [-0.25, -0.2) is 9.79 Å². The number of aromatic nitrogens is 1. The molecule has 0 radical (unpaired) electrons. The van der Waals surface area contributed by atoms with Gasteiger partial charge in [0.1, 0.15) is 30.5 Å². The molecular formula is C38H42N2O6S. The lowest BCUT2D eigenvalue weighted by Crippen LogP contribution is -2.39. The van der Waals surface area contributed by atoms with Crippen molar-refractivity contribution in [2.75, 3.05) is 26.9 Å². The molecule has 5 rings (SSSR count). The van der Waals surface area contributed by atoms with E-state index in [1.807, 2.05) is 66.7 Å². The summed E-state index contributed by atoms with van der Waals surface area (Å²) in [4.78, 5) is 32.4. The Labute approximate surface area is 279 Å². The van der Waals surface area contributed by atoms with Gasteiger partial charge in [-0.1, -0.05) is 80.0 Å². The van der Waals surface area contributed by atoms with E-state index in [0.29, 0.717) is 45.3 Å². The largest absolute Gasteiger partial charge is 0.497 e. The molecule has 0 aliphatic carbocycles. The normalized spacial score (nSPS) is 14.4. The third kappa shape index (κ3) is 8.21. The number of aryl methyl sites for hydroxylation is 1. The highest BCUT2D eigenvalue weighted by atomic mass is 32.1. The number of allylic oxidation sites excluding steroid dienone is 1. The van der Waals surface area contributed by atoms with Crippen molar-refractivity contribution in [3.63, 3.8) is 0 Å². The molecule has 0 unspecified atom stereocenters. The van der Waals surface area contributed by atoms with Crippen molar-refractivity contribution in [3.8, 4) is 17.2 Å². The zero-order chi connectivity index (χ0) is 33.2. The summed E-state index contributed by atoms with van der Waals surface area (Å²) in [7, 11) is 1.59. The second kappa shape index (κ2) is 16.3. The number of para-hydroxylation sites is 1. The summed E-state index contributed by atoms with van der Waals surface area (Å²) in [6.07, 6.45) is 7.90. The first-order valence-corrected chi connectivity index (χ1v) is 17.0. The average molecular weight is 655 g/mol. The molecule has 0 amide bonds. The summed E-state index contributed by atoms with van der Waals surface area (Å²) in [5.41, 5.74) is 3.43. The van der Waals surface area contributed by atoms with Crippen LogP contribution in [0.5, 0.6) is 17.2 Å². The highest BCUT2D eigenvalue weighted by Gasteiger charge is 2.33. The number of carbonyl (C=O) groups is 1. The molecule has 0 spiro atoms. The lowest BCUT2D eigenvalue weighted by Gasteiger charge is -2.24. The maximum atomic E-state index is 14.0. The molecule has 0 saturated carbocycles. The smallest absolute Gasteiger partial charge is 0.338 e. The summed E-state index contributed by atoms with van der Waals surface area (Å²) in [6, 6.07) is 22.5. The average Bonchev–Trinajstić information content (AvgIpc) is 3.39. The lowest BCUT2D eigenvalue weighted by molar-refractivity contribution is -0.139. The van der Waals surface area contributed by atoms with Crippen LogP contribution in [0.3, 0.4) is 0 Å². The lowest BCUT2D eigenvalue weighted by atomic mass is 9.96. The number of hydrogen-bond donors (Lipinski definition) is 0. The molecule has 47 heavy (non-hydrogen) atoms. The number of thiazole rings is 1. The number of benzene rings is 3. The Hall–Kier alpha value is -4.63. The Balaban J connectivity index is 1.35. The van der Waals surface area contributed by atoms with Gasteiger partial charge >= 0.3 is 5.97 Å². The molecule has 9 heteroatoms. The van der Waals surface area contributed by atoms with E-state index in [4.69, 9.17) is 18.9 Å². The molecule has 1 aliphatic heterocycles. The van der Waals surface area contributed by atoms with Gasteiger partial charge in [0.15, 0.2) is 4.80 Å². The van der Waals surface area contributed by atoms with E-state index in [2.05, 4.69) is 24.0 Å². The van der Waals surface area contributed by atoms with Crippen molar-refractivity contribution in [3.05, 3.63) is 120 Å². The van der Waals surface area contributed by atoms with Crippen LogP contribution < -0.4 is 29.1 Å². The Morgan fingerprint density at radius 1 is 0.915 bits per heavy atom. The number of methoxy groups -OCH3 is 1. The maximum absolute atomic E-state index is 14.0. The molecular weight excluding hydrogens is 612 g/mol. The third-order valence-corrected chi connectivity index (χ3v) is 8.99. The van der Waals surface area contributed by atoms with E-state index in [0.717, 1.165) is 23.3 Å². The van der Waals surface area contributed by atoms with Crippen LogP contribution in [-0.2, 0) is 16.0 Å². The van der Waals surface area contributed by atoms with Crippen LogP contribution in [0.2, 0.25) is 0 Å². The fourth-order valence-corrected chi connectivity index (χ4v) is 6.62. The molecule has 0 N–H and O–H groups in total. The predicted molar refractivity (Wildman–Crippen MR) is 185 cm³/mol. The monoisotopic (exact) mass is 654 g/mol. The standard InChI is InChI=1S/C38H42N2O6S/c1-5-7-8-9-12-27-15-19-31(20-16-27)45-23-24-46-32-14-11-10-13-29(32)25-33-36(41)40-35(28-17-21-30(43-4)22-18-28)34(37(42)44-6-2)26(3)39-38(40)47-33/h10-11,13-22,25,35H,5-9,12,23-24H2,1-4H3/b33-25-/t35-/m1/s1. The van der Waals surface area contributed by atoms with E-state index in [1.54, 1.807) is 25.5 Å². The van der Waals surface area contributed by atoms with Gasteiger partial charge in [-0.15, -0.1) is 0 Å². The van der Waals surface area contributed by atoms with E-state index in [9.17, 15) is 9.59 Å². The minimum atomic E-state index is -0.697. The summed E-state index contributed by atoms with van der Waals surface area (Å²) >= 11 is 1.27. The van der Waals surface area contributed by atoms with Gasteiger partial charge in [-0.3, -0.25) is 9.36 Å². The van der Waals surface area contributed by atoms with Crippen molar-refractivity contribution in [1.82, 2.24) is 4.57 Å². The van der Waals surface area contributed by atoms with Crippen molar-refractivity contribution in [2.45, 2.75) is 58.9 Å². The van der Waals surface area contributed by atoms with Crippen molar-refractivity contribution in [1.29, 1.82) is 0 Å². The zero-order valence-corrected chi connectivity index (χ0v) is 28.3.